The minimum absolute atomic E-state index is 0.0864. The summed E-state index contributed by atoms with van der Waals surface area (Å²) >= 11 is 1.34. The first kappa shape index (κ1) is 13.1. The molecule has 1 aliphatic rings. The fourth-order valence-corrected chi connectivity index (χ4v) is 3.34. The highest BCUT2D eigenvalue weighted by Crippen LogP contribution is 2.38. The number of aromatic nitrogens is 2. The largest absolute Gasteiger partial charge is 0.462 e. The van der Waals surface area contributed by atoms with Crippen LogP contribution in [0, 0.1) is 0 Å². The van der Waals surface area contributed by atoms with E-state index in [2.05, 4.69) is 4.98 Å². The molecule has 1 aromatic carbocycles. The fourth-order valence-electron chi connectivity index (χ4n) is 2.34. The van der Waals surface area contributed by atoms with Crippen molar-refractivity contribution in [3.63, 3.8) is 0 Å². The molecule has 22 heavy (non-hydrogen) atoms. The first-order valence-electron chi connectivity index (χ1n) is 6.60. The quantitative estimate of drug-likeness (QED) is 0.671. The van der Waals surface area contributed by atoms with Crippen molar-refractivity contribution in [3.05, 3.63) is 34.2 Å². The highest BCUT2D eigenvalue weighted by molar-refractivity contribution is 7.23. The molecule has 0 bridgehead atoms. The van der Waals surface area contributed by atoms with Crippen LogP contribution in [0.25, 0.3) is 15.2 Å². The van der Waals surface area contributed by atoms with E-state index in [1.807, 2.05) is 0 Å². The summed E-state index contributed by atoms with van der Waals surface area (Å²) in [4.78, 5) is 29.1. The second-order valence-corrected chi connectivity index (χ2v) is 5.60. The van der Waals surface area contributed by atoms with Crippen molar-refractivity contribution < 1.29 is 19.0 Å². The Hall–Kier alpha value is -2.61. The van der Waals surface area contributed by atoms with Gasteiger partial charge in [-0.05, 0) is 6.92 Å². The van der Waals surface area contributed by atoms with Crippen molar-refractivity contribution in [2.75, 3.05) is 13.4 Å². The predicted molar refractivity (Wildman–Crippen MR) is 78.9 cm³/mol. The van der Waals surface area contributed by atoms with Gasteiger partial charge in [-0.3, -0.25) is 9.20 Å². The predicted octanol–water partition coefficient (Wildman–Crippen LogP) is 1.81. The summed E-state index contributed by atoms with van der Waals surface area (Å²) < 4.78 is 17.8. The molecule has 0 saturated carbocycles. The molecule has 7 nitrogen and oxygen atoms in total. The fraction of sp³-hybridized carbons (Fsp3) is 0.214. The smallest absolute Gasteiger partial charge is 0.345 e. The highest BCUT2D eigenvalue weighted by Gasteiger charge is 2.20. The summed E-state index contributed by atoms with van der Waals surface area (Å²) in [7, 11) is 0. The van der Waals surface area contributed by atoms with Crippen LogP contribution in [-0.2, 0) is 4.74 Å². The summed E-state index contributed by atoms with van der Waals surface area (Å²) in [5.41, 5.74) is 0.0955. The Bertz CT molecular complexity index is 975. The number of ether oxygens (including phenoxy) is 3. The van der Waals surface area contributed by atoms with Crippen LogP contribution >= 0.6 is 11.3 Å². The van der Waals surface area contributed by atoms with Gasteiger partial charge < -0.3 is 14.2 Å². The Kier molecular flexibility index (Phi) is 2.80. The third-order valence-electron chi connectivity index (χ3n) is 3.32. The van der Waals surface area contributed by atoms with Gasteiger partial charge in [0, 0.05) is 12.1 Å². The van der Waals surface area contributed by atoms with Gasteiger partial charge in [-0.25, -0.2) is 9.78 Å². The SMILES string of the molecule is CCOC(=O)c1cnc2sc3cc4c(cc3n2c1=O)OCO4. The number of thiazole rings is 1. The summed E-state index contributed by atoms with van der Waals surface area (Å²) in [5.74, 6) is 0.535. The molecular weight excluding hydrogens is 308 g/mol. The zero-order chi connectivity index (χ0) is 15.3. The van der Waals surface area contributed by atoms with E-state index in [-0.39, 0.29) is 19.0 Å². The first-order valence-corrected chi connectivity index (χ1v) is 7.41. The normalized spacial score (nSPS) is 13.0. The van der Waals surface area contributed by atoms with Gasteiger partial charge in [0.1, 0.15) is 5.56 Å². The van der Waals surface area contributed by atoms with Gasteiger partial charge in [-0.1, -0.05) is 11.3 Å². The summed E-state index contributed by atoms with van der Waals surface area (Å²) in [5, 5.41) is 0. The standard InChI is InChI=1S/C14H10N2O5S/c1-2-19-13(18)7-5-15-14-16(12(7)17)8-3-9-10(21-6-20-9)4-11(8)22-14/h3-5H,2,6H2,1H3. The number of fused-ring (bicyclic) bond motifs is 4. The molecule has 0 unspecified atom stereocenters. The molecule has 1 aliphatic heterocycles. The summed E-state index contributed by atoms with van der Waals surface area (Å²) in [6, 6.07) is 3.53. The van der Waals surface area contributed by atoms with E-state index in [0.29, 0.717) is 22.0 Å². The van der Waals surface area contributed by atoms with Gasteiger partial charge in [-0.2, -0.15) is 0 Å². The van der Waals surface area contributed by atoms with E-state index in [0.717, 1.165) is 4.70 Å². The molecule has 0 fully saturated rings. The molecule has 0 saturated heterocycles. The number of carbonyl (C=O) groups excluding carboxylic acids is 1. The Morgan fingerprint density at radius 3 is 2.95 bits per heavy atom. The van der Waals surface area contributed by atoms with Gasteiger partial charge in [0.2, 0.25) is 6.79 Å². The Morgan fingerprint density at radius 1 is 1.41 bits per heavy atom. The van der Waals surface area contributed by atoms with Crippen LogP contribution in [0.5, 0.6) is 11.5 Å². The zero-order valence-electron chi connectivity index (χ0n) is 11.5. The molecule has 3 aromatic rings. The minimum Gasteiger partial charge on any atom is -0.462 e. The molecule has 2 aromatic heterocycles. The molecular formula is C14H10N2O5S. The summed E-state index contributed by atoms with van der Waals surface area (Å²) in [6.07, 6.45) is 1.26. The number of esters is 1. The lowest BCUT2D eigenvalue weighted by atomic mass is 10.3. The van der Waals surface area contributed by atoms with E-state index in [4.69, 9.17) is 14.2 Å². The van der Waals surface area contributed by atoms with E-state index in [1.165, 1.54) is 21.9 Å². The molecule has 0 radical (unpaired) electrons. The average Bonchev–Trinajstić information content (AvgIpc) is 3.08. The number of hydrogen-bond acceptors (Lipinski definition) is 7. The zero-order valence-corrected chi connectivity index (χ0v) is 12.3. The number of rotatable bonds is 2. The van der Waals surface area contributed by atoms with Gasteiger partial charge in [0.15, 0.2) is 16.5 Å². The molecule has 3 heterocycles. The Labute approximate surface area is 127 Å². The van der Waals surface area contributed by atoms with Gasteiger partial charge in [0.25, 0.3) is 5.56 Å². The van der Waals surface area contributed by atoms with Crippen LogP contribution in [0.15, 0.2) is 23.1 Å². The van der Waals surface area contributed by atoms with Crippen molar-refractivity contribution in [2.45, 2.75) is 6.92 Å². The van der Waals surface area contributed by atoms with Crippen LogP contribution < -0.4 is 15.0 Å². The molecule has 0 amide bonds. The monoisotopic (exact) mass is 318 g/mol. The van der Waals surface area contributed by atoms with E-state index >= 15 is 0 Å². The Morgan fingerprint density at radius 2 is 2.18 bits per heavy atom. The molecule has 0 spiro atoms. The van der Waals surface area contributed by atoms with Crippen LogP contribution in [-0.4, -0.2) is 28.8 Å². The maximum Gasteiger partial charge on any atom is 0.345 e. The van der Waals surface area contributed by atoms with Crippen LogP contribution in [0.3, 0.4) is 0 Å². The van der Waals surface area contributed by atoms with Crippen molar-refractivity contribution in [3.8, 4) is 11.5 Å². The molecule has 8 heteroatoms. The maximum atomic E-state index is 12.6. The third-order valence-corrected chi connectivity index (χ3v) is 4.34. The summed E-state index contributed by atoms with van der Waals surface area (Å²) in [6.45, 7) is 2.04. The van der Waals surface area contributed by atoms with Gasteiger partial charge in [-0.15, -0.1) is 0 Å². The Balaban J connectivity index is 2.02. The van der Waals surface area contributed by atoms with Crippen LogP contribution in [0.1, 0.15) is 17.3 Å². The van der Waals surface area contributed by atoms with Crippen molar-refractivity contribution in [1.29, 1.82) is 0 Å². The second-order valence-electron chi connectivity index (χ2n) is 4.59. The molecule has 112 valence electrons. The first-order chi connectivity index (χ1) is 10.7. The lowest BCUT2D eigenvalue weighted by Crippen LogP contribution is -2.23. The van der Waals surface area contributed by atoms with Crippen LogP contribution in [0.4, 0.5) is 0 Å². The van der Waals surface area contributed by atoms with E-state index < -0.39 is 11.5 Å². The molecule has 0 N–H and O–H groups in total. The maximum absolute atomic E-state index is 12.6. The lowest BCUT2D eigenvalue weighted by molar-refractivity contribution is 0.0523. The van der Waals surface area contributed by atoms with Crippen molar-refractivity contribution >= 4 is 32.5 Å². The second kappa shape index (κ2) is 4.70. The molecule has 0 atom stereocenters. The minimum atomic E-state index is -0.672. The highest BCUT2D eigenvalue weighted by atomic mass is 32.1. The van der Waals surface area contributed by atoms with Crippen molar-refractivity contribution in [2.24, 2.45) is 0 Å². The molecule has 0 aliphatic carbocycles. The van der Waals surface area contributed by atoms with Gasteiger partial charge in [0.05, 0.1) is 23.0 Å². The number of nitrogens with zero attached hydrogens (tertiary/aromatic N) is 2. The number of hydrogen-bond donors (Lipinski definition) is 0. The van der Waals surface area contributed by atoms with Gasteiger partial charge >= 0.3 is 5.97 Å². The molecule has 4 rings (SSSR count). The number of carbonyl (C=O) groups is 1. The average molecular weight is 318 g/mol. The van der Waals surface area contributed by atoms with E-state index in [9.17, 15) is 9.59 Å². The topological polar surface area (TPSA) is 79.1 Å². The third kappa shape index (κ3) is 1.77. The van der Waals surface area contributed by atoms with E-state index in [1.54, 1.807) is 19.1 Å². The lowest BCUT2D eigenvalue weighted by Gasteiger charge is -2.02. The van der Waals surface area contributed by atoms with Crippen LogP contribution in [0.2, 0.25) is 0 Å². The van der Waals surface area contributed by atoms with Crippen molar-refractivity contribution in [1.82, 2.24) is 9.38 Å². The number of benzene rings is 1.